The number of carbonyl (C=O) groups excluding carboxylic acids is 12. The molecule has 9 atom stereocenters. The Morgan fingerprint density at radius 1 is 0.556 bits per heavy atom. The van der Waals surface area contributed by atoms with E-state index in [1.54, 1.807) is 27.0 Å². The van der Waals surface area contributed by atoms with Gasteiger partial charge in [-0.1, -0.05) is 13.8 Å². The van der Waals surface area contributed by atoms with Crippen molar-refractivity contribution >= 4 is 112 Å². The van der Waals surface area contributed by atoms with Crippen molar-refractivity contribution in [3.05, 3.63) is 0 Å². The number of carbonyl (C=O) groups is 17. The summed E-state index contributed by atoms with van der Waals surface area (Å²) in [7, 11) is 0. The molecule has 0 saturated carbocycles. The monoisotopic (exact) mass is 1300 g/mol. The molecule has 1 saturated heterocycles. The first-order chi connectivity index (χ1) is 42.3. The number of ketones is 5. The third-order valence-electron chi connectivity index (χ3n) is 14.5. The second-order valence-electron chi connectivity index (χ2n) is 22.4. The van der Waals surface area contributed by atoms with Gasteiger partial charge in [0.1, 0.15) is 24.5 Å². The molecule has 0 bridgehead atoms. The maximum absolute atomic E-state index is 13.9. The first-order valence-corrected chi connectivity index (χ1v) is 31.3. The number of carboxylic acids is 5. The van der Waals surface area contributed by atoms with E-state index in [0.717, 1.165) is 0 Å². The SMILES string of the molecule is CCNC(=O)CCC(=O)[C@H](C)NC(=O)[C@H](CSC)CC(=O)CNC(=O)[C@H](CC(C)C)NC(=O)[C@@H]1CCCN1C(=O)COCCCC(=O)[C@@H](CCC(=O)O)NC(=O)[C@@H](CCC(=O)O)CC(=O)[C@@H](CCC(=O)O)NC(=O)[C@@H](CCC(=O)O)CC(=O)[C@H](N)CCC(=O)O. The molecule has 32 heteroatoms. The predicted octanol–water partition coefficient (Wildman–Crippen LogP) is -0.309. The lowest BCUT2D eigenvalue weighted by Gasteiger charge is -2.27. The number of Topliss-reactive ketones (excluding diaryl/α,β-unsaturated/α-hetero) is 5. The second kappa shape index (κ2) is 43.1. The minimum Gasteiger partial charge on any atom is -0.481 e. The van der Waals surface area contributed by atoms with Gasteiger partial charge in [-0.05, 0) is 83.8 Å². The number of ether oxygens (including phenoxy) is 1. The number of likely N-dealkylation sites (tertiary alicyclic amines) is 1. The Labute approximate surface area is 525 Å². The van der Waals surface area contributed by atoms with Crippen LogP contribution in [0.3, 0.4) is 0 Å². The van der Waals surface area contributed by atoms with Gasteiger partial charge in [0.25, 0.3) is 0 Å². The van der Waals surface area contributed by atoms with Crippen LogP contribution in [0.2, 0.25) is 0 Å². The molecule has 31 nitrogen and oxygen atoms in total. The van der Waals surface area contributed by atoms with Crippen LogP contribution >= 0.6 is 11.8 Å². The standard InChI is InChI=1S/C58H90N8O23S/c1-6-60-47(72)17-16-43(68)33(4)62-56(86)36(31-90-5)26-37(67)29-61-57(87)41(25-32(2)3)65-58(88)42-9-7-23-66(42)48(73)30-89-24-8-10-44(69)39(14-21-52(80)81)63-55(85)35(12-19-50(76)77)28-46(71)40(15-22-53(82)83)64-54(84)34(11-18-49(74)75)27-45(70)38(59)13-20-51(78)79/h32-36,38-42H,6-31,59H2,1-5H3,(H,60,72)(H,61,87)(H,62,86)(H,63,85)(H,64,84)(H,65,88)(H,74,75)(H,76,77)(H,78,79)(H,80,81)(H,82,83)/t33-,34-,35-,36-,38+,39+,40+,41-,42-/m0/s1. The normalized spacial score (nSPS) is 15.5. The molecule has 0 aromatic rings. The predicted molar refractivity (Wildman–Crippen MR) is 319 cm³/mol. The topological polar surface area (TPSA) is 502 Å². The lowest BCUT2D eigenvalue weighted by atomic mass is 9.89. The van der Waals surface area contributed by atoms with Crippen LogP contribution in [0, 0.1) is 23.7 Å². The molecule has 90 heavy (non-hydrogen) atoms. The van der Waals surface area contributed by atoms with E-state index in [2.05, 4.69) is 31.9 Å². The van der Waals surface area contributed by atoms with E-state index in [1.807, 2.05) is 0 Å². The summed E-state index contributed by atoms with van der Waals surface area (Å²) in [5, 5.41) is 61.8. The molecule has 0 aromatic carbocycles. The molecule has 13 N–H and O–H groups in total. The Balaban J connectivity index is 3.07. The molecule has 7 amide bonds. The number of nitrogens with zero attached hydrogens (tertiary/aromatic N) is 1. The molecule has 0 radical (unpaired) electrons. The third kappa shape index (κ3) is 33.2. The summed E-state index contributed by atoms with van der Waals surface area (Å²) < 4.78 is 5.55. The number of carboxylic acid groups (broad SMARTS) is 5. The maximum Gasteiger partial charge on any atom is 0.303 e. The summed E-state index contributed by atoms with van der Waals surface area (Å²) in [6, 6.07) is -7.66. The second-order valence-corrected chi connectivity index (χ2v) is 23.4. The van der Waals surface area contributed by atoms with Gasteiger partial charge in [-0.15, -0.1) is 0 Å². The van der Waals surface area contributed by atoms with Crippen molar-refractivity contribution in [2.75, 3.05) is 44.9 Å². The summed E-state index contributed by atoms with van der Waals surface area (Å²) in [6.07, 6.45) is -5.57. The molecule has 1 fully saturated rings. The van der Waals surface area contributed by atoms with Gasteiger partial charge < -0.3 is 72.8 Å². The number of hydrogen-bond donors (Lipinski definition) is 12. The third-order valence-corrected chi connectivity index (χ3v) is 15.2. The number of amides is 7. The van der Waals surface area contributed by atoms with Crippen LogP contribution in [0.5, 0.6) is 0 Å². The van der Waals surface area contributed by atoms with E-state index in [9.17, 15) is 102 Å². The molecule has 0 unspecified atom stereocenters. The summed E-state index contributed by atoms with van der Waals surface area (Å²) in [4.78, 5) is 218. The van der Waals surface area contributed by atoms with E-state index < -0.39 is 226 Å². The van der Waals surface area contributed by atoms with Crippen LogP contribution in [-0.2, 0) is 86.2 Å². The van der Waals surface area contributed by atoms with Crippen molar-refractivity contribution in [3.63, 3.8) is 0 Å². The van der Waals surface area contributed by atoms with Crippen molar-refractivity contribution in [3.8, 4) is 0 Å². The molecule has 1 aliphatic rings. The van der Waals surface area contributed by atoms with Gasteiger partial charge in [0, 0.05) is 108 Å². The molecular formula is C58H90N8O23S. The summed E-state index contributed by atoms with van der Waals surface area (Å²) in [6.45, 7) is 6.10. The minimum absolute atomic E-state index is 0.0467. The van der Waals surface area contributed by atoms with Crippen molar-refractivity contribution < 1.29 is 112 Å². The van der Waals surface area contributed by atoms with Crippen LogP contribution < -0.4 is 37.6 Å². The van der Waals surface area contributed by atoms with Crippen LogP contribution in [0.15, 0.2) is 0 Å². The van der Waals surface area contributed by atoms with Crippen molar-refractivity contribution in [1.29, 1.82) is 0 Å². The van der Waals surface area contributed by atoms with Crippen LogP contribution in [0.25, 0.3) is 0 Å². The summed E-state index contributed by atoms with van der Waals surface area (Å²) in [5.41, 5.74) is 5.80. The van der Waals surface area contributed by atoms with Crippen LogP contribution in [0.1, 0.15) is 156 Å². The quantitative estimate of drug-likeness (QED) is 0.0348. The van der Waals surface area contributed by atoms with Gasteiger partial charge in [-0.2, -0.15) is 11.8 Å². The minimum atomic E-state index is -1.71. The molecule has 1 rings (SSSR count). The van der Waals surface area contributed by atoms with E-state index >= 15 is 0 Å². The lowest BCUT2D eigenvalue weighted by molar-refractivity contribution is -0.143. The zero-order valence-electron chi connectivity index (χ0n) is 51.7. The molecule has 1 heterocycles. The van der Waals surface area contributed by atoms with Crippen molar-refractivity contribution in [2.24, 2.45) is 29.4 Å². The fourth-order valence-electron chi connectivity index (χ4n) is 9.52. The van der Waals surface area contributed by atoms with E-state index in [1.165, 1.54) is 23.6 Å². The van der Waals surface area contributed by atoms with Gasteiger partial charge in [-0.25, -0.2) is 0 Å². The molecule has 0 aromatic heterocycles. The van der Waals surface area contributed by atoms with Gasteiger partial charge in [0.15, 0.2) is 23.1 Å². The van der Waals surface area contributed by atoms with Gasteiger partial charge in [0.05, 0.1) is 36.6 Å². The van der Waals surface area contributed by atoms with Gasteiger partial charge in [0.2, 0.25) is 41.4 Å². The Hall–Kier alpha value is -7.74. The van der Waals surface area contributed by atoms with Gasteiger partial charge >= 0.3 is 29.8 Å². The number of hydrogen-bond acceptors (Lipinski definition) is 20. The largest absolute Gasteiger partial charge is 0.481 e. The number of aliphatic carboxylic acids is 5. The van der Waals surface area contributed by atoms with Crippen LogP contribution in [-0.4, -0.2) is 212 Å². The smallest absolute Gasteiger partial charge is 0.303 e. The first-order valence-electron chi connectivity index (χ1n) is 29.9. The first kappa shape index (κ1) is 80.3. The lowest BCUT2D eigenvalue weighted by Crippen LogP contribution is -2.54. The number of nitrogens with two attached hydrogens (primary N) is 1. The van der Waals surface area contributed by atoms with E-state index in [-0.39, 0.29) is 87.9 Å². The molecule has 506 valence electrons. The highest BCUT2D eigenvalue weighted by molar-refractivity contribution is 7.98. The highest BCUT2D eigenvalue weighted by Gasteiger charge is 2.38. The Bertz CT molecular complexity index is 2550. The average Bonchev–Trinajstić information content (AvgIpc) is 3.17. The Morgan fingerprint density at radius 2 is 1.07 bits per heavy atom. The summed E-state index contributed by atoms with van der Waals surface area (Å²) >= 11 is 1.29. The number of rotatable bonds is 50. The number of nitrogens with one attached hydrogen (secondary N) is 6. The summed E-state index contributed by atoms with van der Waals surface area (Å²) in [5.74, 6) is -19.0. The number of thioether (sulfide) groups is 1. The van der Waals surface area contributed by atoms with Gasteiger partial charge in [-0.3, -0.25) is 81.5 Å². The van der Waals surface area contributed by atoms with Crippen molar-refractivity contribution in [1.82, 2.24) is 36.8 Å². The highest BCUT2D eigenvalue weighted by atomic mass is 32.2. The van der Waals surface area contributed by atoms with E-state index in [0.29, 0.717) is 13.0 Å². The highest BCUT2D eigenvalue weighted by Crippen LogP contribution is 2.22. The Morgan fingerprint density at radius 3 is 1.59 bits per heavy atom. The van der Waals surface area contributed by atoms with E-state index in [4.69, 9.17) is 15.6 Å². The molecule has 0 spiro atoms. The molecule has 1 aliphatic heterocycles. The molecule has 0 aliphatic carbocycles. The maximum atomic E-state index is 13.9. The molecular weight excluding hydrogens is 1210 g/mol. The Kier molecular flexibility index (Phi) is 38.4. The average molecular weight is 1300 g/mol. The fraction of sp³-hybridized carbons (Fsp3) is 0.707. The zero-order valence-corrected chi connectivity index (χ0v) is 52.5. The van der Waals surface area contributed by atoms with Crippen molar-refractivity contribution in [2.45, 2.75) is 192 Å². The zero-order chi connectivity index (χ0) is 68.2. The van der Waals surface area contributed by atoms with Crippen LogP contribution in [0.4, 0.5) is 0 Å². The fourth-order valence-corrected chi connectivity index (χ4v) is 10.2.